The lowest BCUT2D eigenvalue weighted by atomic mass is 9.94. The zero-order valence-electron chi connectivity index (χ0n) is 13.0. The number of hydrogen-bond donors (Lipinski definition) is 1. The van der Waals surface area contributed by atoms with Gasteiger partial charge in [-0.15, -0.1) is 0 Å². The van der Waals surface area contributed by atoms with Crippen molar-refractivity contribution in [3.05, 3.63) is 53.6 Å². The molecule has 1 N–H and O–H groups in total. The first-order valence-corrected chi connectivity index (χ1v) is 7.49. The summed E-state index contributed by atoms with van der Waals surface area (Å²) in [4.78, 5) is 0. The topological polar surface area (TPSA) is 29.9 Å². The summed E-state index contributed by atoms with van der Waals surface area (Å²) in [5.74, 6) is 0.271. The summed E-state index contributed by atoms with van der Waals surface area (Å²) in [6, 6.07) is 9.33. The van der Waals surface area contributed by atoms with Crippen LogP contribution in [0.25, 0.3) is 0 Å². The predicted octanol–water partition coefficient (Wildman–Crippen LogP) is 2.96. The van der Waals surface area contributed by atoms with Gasteiger partial charge in [0, 0.05) is 19.3 Å². The van der Waals surface area contributed by atoms with E-state index in [1.807, 2.05) is 30.1 Å². The van der Waals surface area contributed by atoms with Crippen LogP contribution in [0.5, 0.6) is 0 Å². The molecule has 0 amide bonds. The standard InChI is InChI=1S/C17H24FN3/c1-13(2)19-12-15(11-17-8-9-21(3)20-17)10-14-4-6-16(18)7-5-14/h4-9,13,15,19H,10-12H2,1-3H3. The Bertz CT molecular complexity index is 545. The molecule has 1 atom stereocenters. The van der Waals surface area contributed by atoms with Crippen LogP contribution in [0.3, 0.4) is 0 Å². The predicted molar refractivity (Wildman–Crippen MR) is 83.6 cm³/mol. The van der Waals surface area contributed by atoms with Crippen LogP contribution in [0.15, 0.2) is 36.5 Å². The molecule has 0 aliphatic heterocycles. The van der Waals surface area contributed by atoms with Crippen molar-refractivity contribution in [1.82, 2.24) is 15.1 Å². The minimum atomic E-state index is -0.180. The molecule has 2 rings (SSSR count). The first-order chi connectivity index (χ1) is 10.0. The average Bonchev–Trinajstić information content (AvgIpc) is 2.84. The Kier molecular flexibility index (Phi) is 5.51. The highest BCUT2D eigenvalue weighted by Crippen LogP contribution is 2.14. The van der Waals surface area contributed by atoms with E-state index < -0.39 is 0 Å². The quantitative estimate of drug-likeness (QED) is 0.849. The summed E-state index contributed by atoms with van der Waals surface area (Å²) in [5, 5.41) is 7.96. The van der Waals surface area contributed by atoms with Gasteiger partial charge in [0.15, 0.2) is 0 Å². The van der Waals surface area contributed by atoms with E-state index in [0.717, 1.165) is 25.1 Å². The maximum Gasteiger partial charge on any atom is 0.123 e. The van der Waals surface area contributed by atoms with Crippen LogP contribution >= 0.6 is 0 Å². The Labute approximate surface area is 126 Å². The van der Waals surface area contributed by atoms with Gasteiger partial charge in [0.25, 0.3) is 0 Å². The summed E-state index contributed by atoms with van der Waals surface area (Å²) in [7, 11) is 1.94. The van der Waals surface area contributed by atoms with Crippen LogP contribution in [0.2, 0.25) is 0 Å². The van der Waals surface area contributed by atoms with Crippen molar-refractivity contribution >= 4 is 0 Å². The molecule has 21 heavy (non-hydrogen) atoms. The summed E-state index contributed by atoms with van der Waals surface area (Å²) in [5.41, 5.74) is 2.28. The van der Waals surface area contributed by atoms with Crippen LogP contribution in [0.4, 0.5) is 4.39 Å². The molecule has 0 aliphatic carbocycles. The average molecular weight is 289 g/mol. The van der Waals surface area contributed by atoms with Gasteiger partial charge in [-0.25, -0.2) is 4.39 Å². The first-order valence-electron chi connectivity index (χ1n) is 7.49. The third-order valence-electron chi connectivity index (χ3n) is 3.52. The lowest BCUT2D eigenvalue weighted by molar-refractivity contribution is 0.439. The molecular weight excluding hydrogens is 265 g/mol. The van der Waals surface area contributed by atoms with Crippen LogP contribution in [-0.4, -0.2) is 22.4 Å². The van der Waals surface area contributed by atoms with E-state index in [2.05, 4.69) is 30.3 Å². The van der Waals surface area contributed by atoms with Crippen LogP contribution in [0.1, 0.15) is 25.1 Å². The minimum absolute atomic E-state index is 0.180. The van der Waals surface area contributed by atoms with Gasteiger partial charge in [0.05, 0.1) is 5.69 Å². The number of rotatable bonds is 7. The van der Waals surface area contributed by atoms with Crippen molar-refractivity contribution in [3.63, 3.8) is 0 Å². The molecule has 1 unspecified atom stereocenters. The maximum absolute atomic E-state index is 13.0. The van der Waals surface area contributed by atoms with Gasteiger partial charge in [-0.05, 0) is 49.1 Å². The van der Waals surface area contributed by atoms with Crippen LogP contribution in [0, 0.1) is 11.7 Å². The largest absolute Gasteiger partial charge is 0.314 e. The number of aryl methyl sites for hydroxylation is 1. The molecule has 2 aromatic rings. The van der Waals surface area contributed by atoms with Crippen molar-refractivity contribution in [2.75, 3.05) is 6.54 Å². The Morgan fingerprint density at radius 2 is 1.86 bits per heavy atom. The van der Waals surface area contributed by atoms with E-state index in [9.17, 15) is 4.39 Å². The van der Waals surface area contributed by atoms with E-state index in [0.29, 0.717) is 12.0 Å². The molecule has 1 heterocycles. The second-order valence-corrected chi connectivity index (χ2v) is 5.94. The smallest absolute Gasteiger partial charge is 0.123 e. The summed E-state index contributed by atoms with van der Waals surface area (Å²) in [6.45, 7) is 5.23. The van der Waals surface area contributed by atoms with Gasteiger partial charge in [-0.3, -0.25) is 4.68 Å². The van der Waals surface area contributed by atoms with Crippen molar-refractivity contribution < 1.29 is 4.39 Å². The van der Waals surface area contributed by atoms with Crippen molar-refractivity contribution in [2.24, 2.45) is 13.0 Å². The molecule has 0 spiro atoms. The number of nitrogens with zero attached hydrogens (tertiary/aromatic N) is 2. The lowest BCUT2D eigenvalue weighted by Gasteiger charge is -2.18. The minimum Gasteiger partial charge on any atom is -0.314 e. The summed E-state index contributed by atoms with van der Waals surface area (Å²) >= 11 is 0. The van der Waals surface area contributed by atoms with Gasteiger partial charge in [-0.1, -0.05) is 26.0 Å². The zero-order chi connectivity index (χ0) is 15.2. The fourth-order valence-electron chi connectivity index (χ4n) is 2.44. The van der Waals surface area contributed by atoms with Crippen molar-refractivity contribution in [3.8, 4) is 0 Å². The normalized spacial score (nSPS) is 12.8. The van der Waals surface area contributed by atoms with Crippen molar-refractivity contribution in [2.45, 2.75) is 32.7 Å². The van der Waals surface area contributed by atoms with Gasteiger partial charge in [-0.2, -0.15) is 5.10 Å². The molecule has 0 radical (unpaired) electrons. The van der Waals surface area contributed by atoms with E-state index in [1.165, 1.54) is 17.7 Å². The van der Waals surface area contributed by atoms with Gasteiger partial charge in [0.2, 0.25) is 0 Å². The van der Waals surface area contributed by atoms with Crippen LogP contribution in [-0.2, 0) is 19.9 Å². The van der Waals surface area contributed by atoms with Gasteiger partial charge < -0.3 is 5.32 Å². The Hall–Kier alpha value is -1.68. The zero-order valence-corrected chi connectivity index (χ0v) is 13.0. The van der Waals surface area contributed by atoms with E-state index >= 15 is 0 Å². The molecule has 0 fully saturated rings. The number of halogens is 1. The second-order valence-electron chi connectivity index (χ2n) is 5.94. The van der Waals surface area contributed by atoms with E-state index in [1.54, 1.807) is 0 Å². The molecule has 1 aromatic carbocycles. The second kappa shape index (κ2) is 7.36. The molecule has 0 bridgehead atoms. The number of nitrogens with one attached hydrogen (secondary N) is 1. The van der Waals surface area contributed by atoms with Crippen LogP contribution < -0.4 is 5.32 Å². The third kappa shape index (κ3) is 5.31. The molecule has 0 saturated heterocycles. The molecule has 4 heteroatoms. The monoisotopic (exact) mass is 289 g/mol. The Balaban J connectivity index is 2.02. The maximum atomic E-state index is 13.0. The SMILES string of the molecule is CC(C)NCC(Cc1ccc(F)cc1)Cc1ccn(C)n1. The first kappa shape index (κ1) is 15.7. The molecule has 1 aromatic heterocycles. The molecule has 0 saturated carbocycles. The van der Waals surface area contributed by atoms with Crippen molar-refractivity contribution in [1.29, 1.82) is 0 Å². The summed E-state index contributed by atoms with van der Waals surface area (Å²) in [6.07, 6.45) is 3.83. The molecular formula is C17H24FN3. The molecule has 3 nitrogen and oxygen atoms in total. The van der Waals surface area contributed by atoms with E-state index in [-0.39, 0.29) is 5.82 Å². The van der Waals surface area contributed by atoms with E-state index in [4.69, 9.17) is 0 Å². The Morgan fingerprint density at radius 3 is 2.43 bits per heavy atom. The fourth-order valence-corrected chi connectivity index (χ4v) is 2.44. The van der Waals surface area contributed by atoms with Gasteiger partial charge >= 0.3 is 0 Å². The highest BCUT2D eigenvalue weighted by Gasteiger charge is 2.13. The fraction of sp³-hybridized carbons (Fsp3) is 0.471. The number of benzene rings is 1. The number of aromatic nitrogens is 2. The number of hydrogen-bond acceptors (Lipinski definition) is 2. The lowest BCUT2D eigenvalue weighted by Crippen LogP contribution is -2.31. The van der Waals surface area contributed by atoms with Gasteiger partial charge in [0.1, 0.15) is 5.82 Å². The summed E-state index contributed by atoms with van der Waals surface area (Å²) < 4.78 is 14.8. The highest BCUT2D eigenvalue weighted by atomic mass is 19.1. The molecule has 114 valence electrons. The third-order valence-corrected chi connectivity index (χ3v) is 3.52. The Morgan fingerprint density at radius 1 is 1.14 bits per heavy atom. The molecule has 0 aliphatic rings. The highest BCUT2D eigenvalue weighted by molar-refractivity contribution is 5.17.